The highest BCUT2D eigenvalue weighted by molar-refractivity contribution is 14.0. The van der Waals surface area contributed by atoms with Gasteiger partial charge in [-0.25, -0.2) is 4.98 Å². The summed E-state index contributed by atoms with van der Waals surface area (Å²) in [4.78, 5) is 8.76. The van der Waals surface area contributed by atoms with E-state index in [0.717, 1.165) is 44.3 Å². The summed E-state index contributed by atoms with van der Waals surface area (Å²) in [5.74, 6) is 2.27. The predicted molar refractivity (Wildman–Crippen MR) is 140 cm³/mol. The fourth-order valence-electron chi connectivity index (χ4n) is 3.79. The summed E-state index contributed by atoms with van der Waals surface area (Å²) in [5.41, 5.74) is 1.17. The molecular weight excluding hydrogens is 517 g/mol. The van der Waals surface area contributed by atoms with Gasteiger partial charge in [-0.2, -0.15) is 0 Å². The summed E-state index contributed by atoms with van der Waals surface area (Å²) < 4.78 is 11.5. The van der Waals surface area contributed by atoms with E-state index in [1.807, 2.05) is 0 Å². The third kappa shape index (κ3) is 7.45. The normalized spacial score (nSPS) is 17.3. The molecule has 0 radical (unpaired) electrons. The number of aliphatic imine (C=N–C) groups is 1. The molecule has 1 fully saturated rings. The zero-order valence-electron chi connectivity index (χ0n) is 19.9. The summed E-state index contributed by atoms with van der Waals surface area (Å²) in [6, 6.07) is 10.8. The first-order chi connectivity index (χ1) is 14.8. The Labute approximate surface area is 209 Å². The summed E-state index contributed by atoms with van der Waals surface area (Å²) in [6.07, 6.45) is 3.70. The van der Waals surface area contributed by atoms with Crippen LogP contribution >= 0.6 is 24.0 Å². The quantitative estimate of drug-likeness (QED) is 0.271. The number of guanidine groups is 1. The SMILES string of the molecule is CN=C(NCc1ncc(C(C)(C)C)o1)NCC1(NC(C)c2ccccc2)CCOCC1.I. The molecular formula is C24H38IN5O2. The lowest BCUT2D eigenvalue weighted by molar-refractivity contribution is 0.0355. The van der Waals surface area contributed by atoms with Crippen molar-refractivity contribution in [3.05, 3.63) is 53.7 Å². The van der Waals surface area contributed by atoms with Crippen molar-refractivity contribution in [1.29, 1.82) is 0 Å². The monoisotopic (exact) mass is 555 g/mol. The van der Waals surface area contributed by atoms with Crippen molar-refractivity contribution < 1.29 is 9.15 Å². The number of aromatic nitrogens is 1. The zero-order valence-corrected chi connectivity index (χ0v) is 22.2. The van der Waals surface area contributed by atoms with E-state index in [9.17, 15) is 0 Å². The van der Waals surface area contributed by atoms with Crippen LogP contribution in [0.3, 0.4) is 0 Å². The first kappa shape index (κ1) is 26.6. The van der Waals surface area contributed by atoms with Gasteiger partial charge in [0, 0.05) is 43.8 Å². The highest BCUT2D eigenvalue weighted by Crippen LogP contribution is 2.25. The van der Waals surface area contributed by atoms with E-state index in [4.69, 9.17) is 9.15 Å². The lowest BCUT2D eigenvalue weighted by Crippen LogP contribution is -2.58. The average Bonchev–Trinajstić information content (AvgIpc) is 3.25. The molecule has 1 aliphatic heterocycles. The molecule has 0 spiro atoms. The molecule has 8 heteroatoms. The van der Waals surface area contributed by atoms with Crippen LogP contribution in [-0.4, -0.2) is 43.3 Å². The third-order valence-corrected chi connectivity index (χ3v) is 5.79. The molecule has 32 heavy (non-hydrogen) atoms. The topological polar surface area (TPSA) is 83.7 Å². The molecule has 178 valence electrons. The Morgan fingerprint density at radius 3 is 2.44 bits per heavy atom. The zero-order chi connectivity index (χ0) is 22.3. The Kier molecular flexibility index (Phi) is 9.97. The number of nitrogens with zero attached hydrogens (tertiary/aromatic N) is 2. The highest BCUT2D eigenvalue weighted by atomic mass is 127. The number of hydrogen-bond acceptors (Lipinski definition) is 5. The lowest BCUT2D eigenvalue weighted by atomic mass is 9.88. The standard InChI is InChI=1S/C24H37N5O2.HI/c1-18(19-9-7-6-8-10-19)29-24(11-13-30-14-12-24)17-28-22(25-5)27-16-21-26-15-20(31-21)23(2,3)4;/h6-10,15,18,29H,11-14,16-17H2,1-5H3,(H2,25,27,28);1H. The van der Waals surface area contributed by atoms with Gasteiger partial charge in [0.25, 0.3) is 0 Å². The number of ether oxygens (including phenoxy) is 1. The number of benzene rings is 1. The molecule has 0 saturated carbocycles. The van der Waals surface area contributed by atoms with Gasteiger partial charge in [0.05, 0.1) is 12.7 Å². The maximum Gasteiger partial charge on any atom is 0.213 e. The van der Waals surface area contributed by atoms with Gasteiger partial charge in [-0.15, -0.1) is 24.0 Å². The second-order valence-corrected chi connectivity index (χ2v) is 9.32. The van der Waals surface area contributed by atoms with Gasteiger partial charge in [0.2, 0.25) is 5.89 Å². The molecule has 1 saturated heterocycles. The first-order valence-corrected chi connectivity index (χ1v) is 11.1. The summed E-state index contributed by atoms with van der Waals surface area (Å²) in [7, 11) is 1.78. The maximum atomic E-state index is 5.87. The van der Waals surface area contributed by atoms with Crippen LogP contribution in [0.1, 0.15) is 63.8 Å². The smallest absolute Gasteiger partial charge is 0.213 e. The number of hydrogen-bond donors (Lipinski definition) is 3. The minimum absolute atomic E-state index is 0. The number of halogens is 1. The van der Waals surface area contributed by atoms with E-state index in [1.165, 1.54) is 5.56 Å². The second-order valence-electron chi connectivity index (χ2n) is 9.32. The fraction of sp³-hybridized carbons (Fsp3) is 0.583. The Balaban J connectivity index is 0.00000363. The third-order valence-electron chi connectivity index (χ3n) is 5.79. The van der Waals surface area contributed by atoms with Gasteiger partial charge in [-0.05, 0) is 25.3 Å². The highest BCUT2D eigenvalue weighted by Gasteiger charge is 2.34. The van der Waals surface area contributed by atoms with Gasteiger partial charge in [-0.3, -0.25) is 4.99 Å². The van der Waals surface area contributed by atoms with Crippen LogP contribution in [0.15, 0.2) is 45.9 Å². The van der Waals surface area contributed by atoms with Crippen molar-refractivity contribution in [2.75, 3.05) is 26.8 Å². The second kappa shape index (κ2) is 12.0. The van der Waals surface area contributed by atoms with Gasteiger partial charge < -0.3 is 25.1 Å². The molecule has 0 amide bonds. The summed E-state index contributed by atoms with van der Waals surface area (Å²) in [6.45, 7) is 11.3. The molecule has 1 aromatic carbocycles. The molecule has 1 aliphatic rings. The van der Waals surface area contributed by atoms with E-state index in [0.29, 0.717) is 12.4 Å². The van der Waals surface area contributed by atoms with E-state index < -0.39 is 0 Å². The molecule has 0 aliphatic carbocycles. The molecule has 3 rings (SSSR count). The van der Waals surface area contributed by atoms with Gasteiger partial charge in [0.15, 0.2) is 5.96 Å². The molecule has 7 nitrogen and oxygen atoms in total. The summed E-state index contributed by atoms with van der Waals surface area (Å²) >= 11 is 0. The van der Waals surface area contributed by atoms with E-state index in [2.05, 4.69) is 84.0 Å². The van der Waals surface area contributed by atoms with Crippen LogP contribution in [0.25, 0.3) is 0 Å². The van der Waals surface area contributed by atoms with Crippen LogP contribution < -0.4 is 16.0 Å². The minimum atomic E-state index is -0.0620. The Hall–Kier alpha value is -1.65. The van der Waals surface area contributed by atoms with Crippen molar-refractivity contribution in [2.45, 2.75) is 64.1 Å². The van der Waals surface area contributed by atoms with Crippen molar-refractivity contribution >= 4 is 29.9 Å². The Bertz CT molecular complexity index is 842. The molecule has 2 aromatic rings. The predicted octanol–water partition coefficient (Wildman–Crippen LogP) is 4.16. The number of nitrogens with one attached hydrogen (secondary N) is 3. The Morgan fingerprint density at radius 2 is 1.84 bits per heavy atom. The maximum absolute atomic E-state index is 5.87. The van der Waals surface area contributed by atoms with Crippen LogP contribution in [-0.2, 0) is 16.7 Å². The summed E-state index contributed by atoms with van der Waals surface area (Å²) in [5, 5.41) is 10.7. The van der Waals surface area contributed by atoms with Crippen molar-refractivity contribution in [3.8, 4) is 0 Å². The van der Waals surface area contributed by atoms with Crippen molar-refractivity contribution in [3.63, 3.8) is 0 Å². The molecule has 1 aromatic heterocycles. The first-order valence-electron chi connectivity index (χ1n) is 11.1. The van der Waals surface area contributed by atoms with E-state index in [-0.39, 0.29) is 41.0 Å². The molecule has 2 heterocycles. The van der Waals surface area contributed by atoms with E-state index in [1.54, 1.807) is 13.2 Å². The largest absolute Gasteiger partial charge is 0.443 e. The van der Waals surface area contributed by atoms with Crippen LogP contribution in [0.5, 0.6) is 0 Å². The van der Waals surface area contributed by atoms with Crippen molar-refractivity contribution in [2.24, 2.45) is 4.99 Å². The van der Waals surface area contributed by atoms with Gasteiger partial charge >= 0.3 is 0 Å². The molecule has 3 N–H and O–H groups in total. The molecule has 1 unspecified atom stereocenters. The van der Waals surface area contributed by atoms with Crippen molar-refractivity contribution in [1.82, 2.24) is 20.9 Å². The molecule has 0 bridgehead atoms. The van der Waals surface area contributed by atoms with Crippen LogP contribution in [0.4, 0.5) is 0 Å². The minimum Gasteiger partial charge on any atom is -0.443 e. The number of oxazole rings is 1. The van der Waals surface area contributed by atoms with Crippen LogP contribution in [0, 0.1) is 0 Å². The average molecular weight is 556 g/mol. The molecule has 1 atom stereocenters. The van der Waals surface area contributed by atoms with E-state index >= 15 is 0 Å². The van der Waals surface area contributed by atoms with Gasteiger partial charge in [0.1, 0.15) is 5.76 Å². The number of rotatable bonds is 7. The Morgan fingerprint density at radius 1 is 1.16 bits per heavy atom. The van der Waals surface area contributed by atoms with Crippen LogP contribution in [0.2, 0.25) is 0 Å². The fourth-order valence-corrected chi connectivity index (χ4v) is 3.79. The lowest BCUT2D eigenvalue weighted by Gasteiger charge is -2.41. The van der Waals surface area contributed by atoms with Gasteiger partial charge in [-0.1, -0.05) is 51.1 Å².